The van der Waals surface area contributed by atoms with Gasteiger partial charge in [-0.1, -0.05) is 36.8 Å². The molecule has 0 saturated heterocycles. The van der Waals surface area contributed by atoms with Crippen LogP contribution in [0, 0.1) is 17.8 Å². The van der Waals surface area contributed by atoms with Crippen LogP contribution in [0.25, 0.3) is 6.08 Å². The van der Waals surface area contributed by atoms with Gasteiger partial charge in [0.25, 0.3) is 0 Å². The lowest BCUT2D eigenvalue weighted by Gasteiger charge is -2.28. The number of nitrogens with one attached hydrogen (secondary N) is 1. The predicted octanol–water partition coefficient (Wildman–Crippen LogP) is 3.64. The van der Waals surface area contributed by atoms with E-state index in [1.54, 1.807) is 6.08 Å². The van der Waals surface area contributed by atoms with Crippen molar-refractivity contribution >= 4 is 12.0 Å². The van der Waals surface area contributed by atoms with Crippen LogP contribution in [0.4, 0.5) is 0 Å². The summed E-state index contributed by atoms with van der Waals surface area (Å²) >= 11 is 0. The Morgan fingerprint density at radius 1 is 1.25 bits per heavy atom. The number of carbonyl (C=O) groups excluding carboxylic acids is 1. The number of fused-ring (bicyclic) bond motifs is 2. The first-order chi connectivity index (χ1) is 9.72. The lowest BCUT2D eigenvalue weighted by atomic mass is 9.84. The van der Waals surface area contributed by atoms with E-state index in [-0.39, 0.29) is 5.91 Å². The highest BCUT2D eigenvalue weighted by atomic mass is 16.1. The van der Waals surface area contributed by atoms with Crippen molar-refractivity contribution in [3.63, 3.8) is 0 Å². The summed E-state index contributed by atoms with van der Waals surface area (Å²) in [7, 11) is 0. The van der Waals surface area contributed by atoms with E-state index < -0.39 is 0 Å². The van der Waals surface area contributed by atoms with Gasteiger partial charge < -0.3 is 5.32 Å². The molecule has 3 rings (SSSR count). The van der Waals surface area contributed by atoms with Crippen molar-refractivity contribution < 1.29 is 4.79 Å². The predicted molar refractivity (Wildman–Crippen MR) is 82.0 cm³/mol. The number of rotatable bonds is 4. The highest BCUT2D eigenvalue weighted by molar-refractivity contribution is 5.91. The Morgan fingerprint density at radius 3 is 2.70 bits per heavy atom. The summed E-state index contributed by atoms with van der Waals surface area (Å²) in [5, 5.41) is 3.15. The van der Waals surface area contributed by atoms with Gasteiger partial charge in [0.1, 0.15) is 0 Å². The van der Waals surface area contributed by atoms with E-state index in [0.29, 0.717) is 12.0 Å². The second-order valence-electron chi connectivity index (χ2n) is 6.38. The molecule has 0 aromatic heterocycles. The van der Waals surface area contributed by atoms with Crippen molar-refractivity contribution in [1.82, 2.24) is 5.32 Å². The van der Waals surface area contributed by atoms with Crippen LogP contribution in [-0.2, 0) is 4.79 Å². The molecule has 4 atom stereocenters. The number of amides is 1. The average Bonchev–Trinajstić information content (AvgIpc) is 3.09. The molecule has 2 aliphatic carbocycles. The average molecular weight is 269 g/mol. The van der Waals surface area contributed by atoms with E-state index in [0.717, 1.165) is 17.4 Å². The maximum absolute atomic E-state index is 12.0. The third kappa shape index (κ3) is 2.95. The third-order valence-electron chi connectivity index (χ3n) is 5.03. The van der Waals surface area contributed by atoms with Gasteiger partial charge in [-0.2, -0.15) is 0 Å². The minimum atomic E-state index is 0.0316. The van der Waals surface area contributed by atoms with Gasteiger partial charge in [0.05, 0.1) is 0 Å². The van der Waals surface area contributed by atoms with Crippen LogP contribution >= 0.6 is 0 Å². The van der Waals surface area contributed by atoms with E-state index in [9.17, 15) is 4.79 Å². The standard InChI is InChI=1S/C18H23NO/c1-13(17-12-15-7-9-16(17)11-15)19-18(20)10-8-14-5-3-2-4-6-14/h2-6,8,10,13,15-17H,7,9,11-12H2,1H3,(H,19,20)/b10-8+/t13-,15-,16-,17-/m0/s1. The van der Waals surface area contributed by atoms with Gasteiger partial charge in [0, 0.05) is 12.1 Å². The topological polar surface area (TPSA) is 29.1 Å². The van der Waals surface area contributed by atoms with Gasteiger partial charge in [-0.3, -0.25) is 4.79 Å². The second-order valence-corrected chi connectivity index (χ2v) is 6.38. The molecule has 1 N–H and O–H groups in total. The largest absolute Gasteiger partial charge is 0.350 e. The molecule has 0 unspecified atom stereocenters. The molecule has 2 fully saturated rings. The third-order valence-corrected chi connectivity index (χ3v) is 5.03. The maximum Gasteiger partial charge on any atom is 0.244 e. The SMILES string of the molecule is C[C@H](NC(=O)/C=C/c1ccccc1)[C@@H]1C[C@H]2CC[C@H]1C2. The molecule has 1 amide bonds. The Labute approximate surface area is 121 Å². The van der Waals surface area contributed by atoms with Crippen molar-refractivity contribution in [3.05, 3.63) is 42.0 Å². The van der Waals surface area contributed by atoms with Gasteiger partial charge in [0.15, 0.2) is 0 Å². The number of carbonyl (C=O) groups is 1. The molecule has 0 heterocycles. The van der Waals surface area contributed by atoms with Crippen LogP contribution in [0.1, 0.15) is 38.2 Å². The Bertz CT molecular complexity index is 493. The van der Waals surface area contributed by atoms with Gasteiger partial charge in [-0.05, 0) is 55.6 Å². The summed E-state index contributed by atoms with van der Waals surface area (Å²) in [6, 6.07) is 10.3. The molecule has 2 saturated carbocycles. The molecule has 1 aromatic rings. The normalized spacial score (nSPS) is 29.8. The molecular weight excluding hydrogens is 246 g/mol. The summed E-state index contributed by atoms with van der Waals surface area (Å²) in [5.41, 5.74) is 1.07. The van der Waals surface area contributed by atoms with Crippen molar-refractivity contribution in [2.24, 2.45) is 17.8 Å². The fourth-order valence-electron chi connectivity index (χ4n) is 4.02. The summed E-state index contributed by atoms with van der Waals surface area (Å²) in [6.45, 7) is 2.17. The highest BCUT2D eigenvalue weighted by Gasteiger charge is 2.41. The van der Waals surface area contributed by atoms with Crippen LogP contribution < -0.4 is 5.32 Å². The summed E-state index contributed by atoms with van der Waals surface area (Å²) < 4.78 is 0. The van der Waals surface area contributed by atoms with E-state index in [4.69, 9.17) is 0 Å². The van der Waals surface area contributed by atoms with Crippen molar-refractivity contribution in [1.29, 1.82) is 0 Å². The Kier molecular flexibility index (Phi) is 3.90. The van der Waals surface area contributed by atoms with E-state index in [1.807, 2.05) is 36.4 Å². The van der Waals surface area contributed by atoms with Gasteiger partial charge >= 0.3 is 0 Å². The van der Waals surface area contributed by atoms with Gasteiger partial charge in [-0.25, -0.2) is 0 Å². The van der Waals surface area contributed by atoms with Crippen LogP contribution in [0.3, 0.4) is 0 Å². The number of hydrogen-bond acceptors (Lipinski definition) is 1. The van der Waals surface area contributed by atoms with Gasteiger partial charge in [-0.15, -0.1) is 0 Å². The van der Waals surface area contributed by atoms with E-state index in [1.165, 1.54) is 25.7 Å². The molecule has 106 valence electrons. The van der Waals surface area contributed by atoms with Crippen LogP contribution in [0.5, 0.6) is 0 Å². The summed E-state index contributed by atoms with van der Waals surface area (Å²) in [5.74, 6) is 2.52. The van der Waals surface area contributed by atoms with Crippen LogP contribution in [0.15, 0.2) is 36.4 Å². The first-order valence-corrected chi connectivity index (χ1v) is 7.76. The number of benzene rings is 1. The number of hydrogen-bond donors (Lipinski definition) is 1. The minimum absolute atomic E-state index is 0.0316. The zero-order valence-electron chi connectivity index (χ0n) is 12.1. The van der Waals surface area contributed by atoms with Crippen molar-refractivity contribution in [3.8, 4) is 0 Å². The Hall–Kier alpha value is -1.57. The summed E-state index contributed by atoms with van der Waals surface area (Å²) in [4.78, 5) is 12.0. The zero-order valence-corrected chi connectivity index (χ0v) is 12.1. The quantitative estimate of drug-likeness (QED) is 0.831. The Morgan fingerprint density at radius 2 is 2.05 bits per heavy atom. The molecule has 0 radical (unpaired) electrons. The minimum Gasteiger partial charge on any atom is -0.350 e. The zero-order chi connectivity index (χ0) is 13.9. The molecule has 0 aliphatic heterocycles. The molecule has 1 aromatic carbocycles. The lowest BCUT2D eigenvalue weighted by molar-refractivity contribution is -0.117. The molecule has 2 bridgehead atoms. The van der Waals surface area contributed by atoms with Crippen LogP contribution in [-0.4, -0.2) is 11.9 Å². The fraction of sp³-hybridized carbons (Fsp3) is 0.500. The van der Waals surface area contributed by atoms with Crippen molar-refractivity contribution in [2.45, 2.75) is 38.6 Å². The first kappa shape index (κ1) is 13.4. The second kappa shape index (κ2) is 5.82. The first-order valence-electron chi connectivity index (χ1n) is 7.76. The van der Waals surface area contributed by atoms with E-state index >= 15 is 0 Å². The Balaban J connectivity index is 1.52. The lowest BCUT2D eigenvalue weighted by Crippen LogP contribution is -2.39. The molecule has 20 heavy (non-hydrogen) atoms. The van der Waals surface area contributed by atoms with Gasteiger partial charge in [0.2, 0.25) is 5.91 Å². The van der Waals surface area contributed by atoms with E-state index in [2.05, 4.69) is 12.2 Å². The monoisotopic (exact) mass is 269 g/mol. The molecule has 0 spiro atoms. The molecule has 2 aliphatic rings. The highest BCUT2D eigenvalue weighted by Crippen LogP contribution is 2.49. The summed E-state index contributed by atoms with van der Waals surface area (Å²) in [6.07, 6.45) is 9.02. The van der Waals surface area contributed by atoms with Crippen molar-refractivity contribution in [2.75, 3.05) is 0 Å². The van der Waals surface area contributed by atoms with Crippen LogP contribution in [0.2, 0.25) is 0 Å². The molecule has 2 heteroatoms. The smallest absolute Gasteiger partial charge is 0.244 e. The maximum atomic E-state index is 12.0. The fourth-order valence-corrected chi connectivity index (χ4v) is 4.02. The molecule has 2 nitrogen and oxygen atoms in total. The molecular formula is C18H23NO.